The maximum atomic E-state index is 11.4. The molecule has 0 aromatic heterocycles. The number of nitrogens with one attached hydrogen (secondary N) is 2. The van der Waals surface area contributed by atoms with Crippen LogP contribution in [0.4, 0.5) is 0 Å². The van der Waals surface area contributed by atoms with E-state index in [0.717, 1.165) is 0 Å². The van der Waals surface area contributed by atoms with Gasteiger partial charge in [0.25, 0.3) is 5.91 Å². The summed E-state index contributed by atoms with van der Waals surface area (Å²) in [5.74, 6) is 4.13. The summed E-state index contributed by atoms with van der Waals surface area (Å²) in [5, 5.41) is 2.46. The minimum Gasteiger partial charge on any atom is -0.343 e. The van der Waals surface area contributed by atoms with Crippen LogP contribution in [-0.4, -0.2) is 23.9 Å². The van der Waals surface area contributed by atoms with E-state index in [4.69, 9.17) is 11.6 Å². The first kappa shape index (κ1) is 12.9. The molecular formula is C8H18N4O2. The molecule has 0 bridgehead atoms. The Morgan fingerprint density at radius 3 is 2.00 bits per heavy atom. The summed E-state index contributed by atoms with van der Waals surface area (Å²) in [6.45, 7) is 5.20. The minimum atomic E-state index is -0.669. The highest BCUT2D eigenvalue weighted by molar-refractivity contribution is 5.89. The van der Waals surface area contributed by atoms with Gasteiger partial charge in [-0.3, -0.25) is 15.0 Å². The van der Waals surface area contributed by atoms with E-state index in [1.54, 1.807) is 0 Å². The number of nitrogens with two attached hydrogens (primary N) is 2. The fraction of sp³-hybridized carbons (Fsp3) is 0.750. The van der Waals surface area contributed by atoms with Gasteiger partial charge in [-0.05, 0) is 12.8 Å². The predicted octanol–water partition coefficient (Wildman–Crippen LogP) is -1.54. The van der Waals surface area contributed by atoms with Gasteiger partial charge in [-0.2, -0.15) is 0 Å². The zero-order valence-electron chi connectivity index (χ0n) is 8.70. The standard InChI is InChI=1S/C8H18N4O2/c1-4(2)6(9)8(14)11-5(3)7(13)12-10/h4-6H,9-10H2,1-3H3,(H,11,14)(H,12,13)/t5-,6-/m0/s1. The molecule has 0 fully saturated rings. The SMILES string of the molecule is CC(C)[C@H](N)C(=O)N[C@@H](C)C(=O)NN. The summed E-state index contributed by atoms with van der Waals surface area (Å²) in [4.78, 5) is 22.3. The number of rotatable bonds is 4. The summed E-state index contributed by atoms with van der Waals surface area (Å²) >= 11 is 0. The van der Waals surface area contributed by atoms with E-state index in [0.29, 0.717) is 0 Å². The van der Waals surface area contributed by atoms with Gasteiger partial charge in [0.05, 0.1) is 6.04 Å². The molecule has 0 spiro atoms. The number of hydrogen-bond donors (Lipinski definition) is 4. The van der Waals surface area contributed by atoms with Crippen LogP contribution in [0.2, 0.25) is 0 Å². The lowest BCUT2D eigenvalue weighted by Gasteiger charge is -2.18. The Kier molecular flexibility index (Phi) is 5.11. The number of carbonyl (C=O) groups is 2. The molecule has 6 heteroatoms. The summed E-state index contributed by atoms with van der Waals surface area (Å²) < 4.78 is 0. The molecule has 2 atom stereocenters. The Morgan fingerprint density at radius 2 is 1.64 bits per heavy atom. The van der Waals surface area contributed by atoms with Crippen molar-refractivity contribution in [1.82, 2.24) is 10.7 Å². The van der Waals surface area contributed by atoms with Crippen LogP contribution < -0.4 is 22.3 Å². The zero-order chi connectivity index (χ0) is 11.3. The van der Waals surface area contributed by atoms with E-state index in [-0.39, 0.29) is 11.8 Å². The van der Waals surface area contributed by atoms with Crippen molar-refractivity contribution in [3.8, 4) is 0 Å². The molecule has 82 valence electrons. The van der Waals surface area contributed by atoms with Crippen molar-refractivity contribution in [2.24, 2.45) is 17.5 Å². The molecular weight excluding hydrogens is 184 g/mol. The topological polar surface area (TPSA) is 110 Å². The van der Waals surface area contributed by atoms with Crippen molar-refractivity contribution in [1.29, 1.82) is 0 Å². The molecule has 0 aromatic carbocycles. The summed E-state index contributed by atoms with van der Waals surface area (Å²) in [5.41, 5.74) is 7.52. The minimum absolute atomic E-state index is 0.0307. The third-order valence-corrected chi connectivity index (χ3v) is 1.92. The molecule has 0 aromatic rings. The van der Waals surface area contributed by atoms with Crippen LogP contribution in [0.15, 0.2) is 0 Å². The Morgan fingerprint density at radius 1 is 1.14 bits per heavy atom. The quantitative estimate of drug-likeness (QED) is 0.252. The lowest BCUT2D eigenvalue weighted by Crippen LogP contribution is -2.52. The van der Waals surface area contributed by atoms with E-state index in [1.807, 2.05) is 19.3 Å². The normalized spacial score (nSPS) is 14.7. The van der Waals surface area contributed by atoms with Gasteiger partial charge in [0.1, 0.15) is 6.04 Å². The van der Waals surface area contributed by atoms with Gasteiger partial charge in [-0.1, -0.05) is 13.8 Å². The Hall–Kier alpha value is -1.14. The highest BCUT2D eigenvalue weighted by atomic mass is 16.2. The van der Waals surface area contributed by atoms with Crippen molar-refractivity contribution in [2.75, 3.05) is 0 Å². The molecule has 0 heterocycles. The van der Waals surface area contributed by atoms with Crippen LogP contribution in [0.25, 0.3) is 0 Å². The predicted molar refractivity (Wildman–Crippen MR) is 52.7 cm³/mol. The average Bonchev–Trinajstić information content (AvgIpc) is 2.14. The van der Waals surface area contributed by atoms with E-state index in [1.165, 1.54) is 6.92 Å². The fourth-order valence-electron chi connectivity index (χ4n) is 0.803. The molecule has 0 rings (SSSR count). The monoisotopic (exact) mass is 202 g/mol. The molecule has 0 saturated heterocycles. The third kappa shape index (κ3) is 3.71. The summed E-state index contributed by atoms with van der Waals surface area (Å²) in [6, 6.07) is -1.28. The first-order valence-corrected chi connectivity index (χ1v) is 4.46. The third-order valence-electron chi connectivity index (χ3n) is 1.92. The van der Waals surface area contributed by atoms with Crippen molar-refractivity contribution in [3.05, 3.63) is 0 Å². The van der Waals surface area contributed by atoms with Gasteiger partial charge >= 0.3 is 0 Å². The van der Waals surface area contributed by atoms with E-state index >= 15 is 0 Å². The van der Waals surface area contributed by atoms with Gasteiger partial charge in [0.2, 0.25) is 5.91 Å². The second kappa shape index (κ2) is 5.56. The first-order valence-electron chi connectivity index (χ1n) is 4.46. The first-order chi connectivity index (χ1) is 6.40. The maximum absolute atomic E-state index is 11.4. The molecule has 2 amide bonds. The highest BCUT2D eigenvalue weighted by Crippen LogP contribution is 1.98. The van der Waals surface area contributed by atoms with Gasteiger partial charge in [0.15, 0.2) is 0 Å². The highest BCUT2D eigenvalue weighted by Gasteiger charge is 2.21. The molecule has 14 heavy (non-hydrogen) atoms. The molecule has 0 aliphatic heterocycles. The van der Waals surface area contributed by atoms with E-state index < -0.39 is 18.0 Å². The van der Waals surface area contributed by atoms with Crippen LogP contribution in [0.1, 0.15) is 20.8 Å². The fourth-order valence-corrected chi connectivity index (χ4v) is 0.803. The number of carbonyl (C=O) groups excluding carboxylic acids is 2. The van der Waals surface area contributed by atoms with Crippen LogP contribution in [0, 0.1) is 5.92 Å². The summed E-state index contributed by atoms with van der Waals surface area (Å²) in [6.07, 6.45) is 0. The van der Waals surface area contributed by atoms with E-state index in [2.05, 4.69) is 5.32 Å². The van der Waals surface area contributed by atoms with Crippen LogP contribution in [0.3, 0.4) is 0 Å². The number of hydrazine groups is 1. The average molecular weight is 202 g/mol. The smallest absolute Gasteiger partial charge is 0.256 e. The second-order valence-electron chi connectivity index (χ2n) is 3.51. The maximum Gasteiger partial charge on any atom is 0.256 e. The molecule has 0 radical (unpaired) electrons. The van der Waals surface area contributed by atoms with Crippen LogP contribution in [0.5, 0.6) is 0 Å². The number of hydrogen-bond acceptors (Lipinski definition) is 4. The molecule has 6 nitrogen and oxygen atoms in total. The molecule has 0 saturated carbocycles. The van der Waals surface area contributed by atoms with Gasteiger partial charge < -0.3 is 11.1 Å². The molecule has 0 aliphatic rings. The van der Waals surface area contributed by atoms with Crippen LogP contribution >= 0.6 is 0 Å². The van der Waals surface area contributed by atoms with Crippen LogP contribution in [-0.2, 0) is 9.59 Å². The second-order valence-corrected chi connectivity index (χ2v) is 3.51. The Labute approximate surface area is 83.4 Å². The Bertz CT molecular complexity index is 217. The van der Waals surface area contributed by atoms with Gasteiger partial charge in [0, 0.05) is 0 Å². The Balaban J connectivity index is 4.12. The largest absolute Gasteiger partial charge is 0.343 e. The molecule has 6 N–H and O–H groups in total. The molecule has 0 unspecified atom stereocenters. The van der Waals surface area contributed by atoms with Gasteiger partial charge in [-0.15, -0.1) is 0 Å². The number of amides is 2. The van der Waals surface area contributed by atoms with E-state index in [9.17, 15) is 9.59 Å². The van der Waals surface area contributed by atoms with Gasteiger partial charge in [-0.25, -0.2) is 5.84 Å². The van der Waals surface area contributed by atoms with Crippen molar-refractivity contribution in [2.45, 2.75) is 32.9 Å². The molecule has 0 aliphatic carbocycles. The lowest BCUT2D eigenvalue weighted by molar-refractivity contribution is -0.129. The zero-order valence-corrected chi connectivity index (χ0v) is 8.70. The summed E-state index contributed by atoms with van der Waals surface area (Å²) in [7, 11) is 0. The lowest BCUT2D eigenvalue weighted by atomic mass is 10.0. The van der Waals surface area contributed by atoms with Crippen molar-refractivity contribution >= 4 is 11.8 Å². The van der Waals surface area contributed by atoms with Crippen molar-refractivity contribution in [3.63, 3.8) is 0 Å². The van der Waals surface area contributed by atoms with Crippen molar-refractivity contribution < 1.29 is 9.59 Å².